The molecule has 1 unspecified atom stereocenters. The number of ether oxygens (including phenoxy) is 1. The molecule has 166 valence electrons. The second-order valence-corrected chi connectivity index (χ2v) is 7.97. The monoisotopic (exact) mass is 454 g/mol. The molecule has 1 amide bonds. The molecule has 32 heavy (non-hydrogen) atoms. The van der Waals surface area contributed by atoms with Crippen LogP contribution in [0, 0.1) is 0 Å². The van der Waals surface area contributed by atoms with Crippen molar-refractivity contribution in [3.8, 4) is 0 Å². The van der Waals surface area contributed by atoms with Gasteiger partial charge in [0.15, 0.2) is 0 Å². The van der Waals surface area contributed by atoms with Crippen molar-refractivity contribution in [1.82, 2.24) is 19.6 Å². The fourth-order valence-corrected chi connectivity index (χ4v) is 4.22. The van der Waals surface area contributed by atoms with Crippen LogP contribution in [0.5, 0.6) is 0 Å². The summed E-state index contributed by atoms with van der Waals surface area (Å²) < 4.78 is 6.20. The van der Waals surface area contributed by atoms with Gasteiger partial charge in [-0.1, -0.05) is 48.0 Å². The molecule has 1 fully saturated rings. The normalized spacial score (nSPS) is 15.5. The van der Waals surface area contributed by atoms with Crippen LogP contribution in [0.15, 0.2) is 59.5 Å². The van der Waals surface area contributed by atoms with E-state index in [0.29, 0.717) is 42.2 Å². The minimum Gasteiger partial charge on any atom is -0.468 e. The third-order valence-electron chi connectivity index (χ3n) is 5.70. The number of amides is 1. The van der Waals surface area contributed by atoms with Crippen LogP contribution in [0.3, 0.4) is 0 Å². The third-order valence-corrected chi connectivity index (χ3v) is 6.05. The second kappa shape index (κ2) is 9.50. The van der Waals surface area contributed by atoms with Crippen LogP contribution in [0.25, 0.3) is 10.8 Å². The van der Waals surface area contributed by atoms with Crippen molar-refractivity contribution in [2.75, 3.05) is 33.3 Å². The molecule has 0 aliphatic carbocycles. The van der Waals surface area contributed by atoms with Gasteiger partial charge >= 0.3 is 5.97 Å². The Kier molecular flexibility index (Phi) is 6.53. The number of methoxy groups -OCH3 is 1. The van der Waals surface area contributed by atoms with E-state index in [2.05, 4.69) is 5.10 Å². The average Bonchev–Trinajstić information content (AvgIpc) is 2.82. The zero-order valence-electron chi connectivity index (χ0n) is 17.6. The van der Waals surface area contributed by atoms with Gasteiger partial charge in [0.05, 0.1) is 18.7 Å². The first kappa shape index (κ1) is 22.0. The highest BCUT2D eigenvalue weighted by Gasteiger charge is 2.33. The molecule has 0 saturated carbocycles. The fraction of sp³-hybridized carbons (Fsp3) is 0.304. The van der Waals surface area contributed by atoms with Gasteiger partial charge in [-0.3, -0.25) is 14.5 Å². The van der Waals surface area contributed by atoms with Gasteiger partial charge in [-0.15, -0.1) is 0 Å². The van der Waals surface area contributed by atoms with E-state index < -0.39 is 12.0 Å². The van der Waals surface area contributed by atoms with Crippen LogP contribution in [-0.4, -0.2) is 64.7 Å². The lowest BCUT2D eigenvalue weighted by Crippen LogP contribution is -2.52. The largest absolute Gasteiger partial charge is 0.468 e. The number of halogens is 1. The Labute approximate surface area is 189 Å². The summed E-state index contributed by atoms with van der Waals surface area (Å²) in [7, 11) is 1.35. The standard InChI is InChI=1S/C23H23ClN4O4/c1-32-23(31)21(18-8-4-5-9-19(18)24)27-12-10-26(11-13-27)20(29)15-28-22(30)17-7-3-2-6-16(17)14-25-28/h2-9,14,21H,10-13,15H2,1H3. The quantitative estimate of drug-likeness (QED) is 0.549. The van der Waals surface area contributed by atoms with E-state index in [-0.39, 0.29) is 18.0 Å². The summed E-state index contributed by atoms with van der Waals surface area (Å²) in [5, 5.41) is 5.90. The molecule has 4 rings (SSSR count). The average molecular weight is 455 g/mol. The predicted octanol–water partition coefficient (Wildman–Crippen LogP) is 2.11. The van der Waals surface area contributed by atoms with Gasteiger partial charge < -0.3 is 9.64 Å². The summed E-state index contributed by atoms with van der Waals surface area (Å²) in [5.74, 6) is -0.591. The number of benzene rings is 2. The summed E-state index contributed by atoms with van der Waals surface area (Å²) in [4.78, 5) is 41.6. The fourth-order valence-electron chi connectivity index (χ4n) is 3.98. The highest BCUT2D eigenvalue weighted by atomic mass is 35.5. The smallest absolute Gasteiger partial charge is 0.327 e. The maximum Gasteiger partial charge on any atom is 0.327 e. The van der Waals surface area contributed by atoms with Crippen LogP contribution in [0.1, 0.15) is 11.6 Å². The molecule has 9 heteroatoms. The predicted molar refractivity (Wildman–Crippen MR) is 120 cm³/mol. The third kappa shape index (κ3) is 4.37. The molecule has 1 aliphatic rings. The maximum absolute atomic E-state index is 12.8. The molecule has 8 nitrogen and oxygen atoms in total. The van der Waals surface area contributed by atoms with Crippen LogP contribution in [0.2, 0.25) is 5.02 Å². The minimum atomic E-state index is -0.643. The van der Waals surface area contributed by atoms with Crippen molar-refractivity contribution in [2.24, 2.45) is 0 Å². The van der Waals surface area contributed by atoms with E-state index in [4.69, 9.17) is 16.3 Å². The lowest BCUT2D eigenvalue weighted by Gasteiger charge is -2.38. The number of nitrogens with zero attached hydrogens (tertiary/aromatic N) is 4. The van der Waals surface area contributed by atoms with E-state index in [1.165, 1.54) is 11.8 Å². The van der Waals surface area contributed by atoms with E-state index in [0.717, 1.165) is 5.39 Å². The van der Waals surface area contributed by atoms with E-state index in [1.807, 2.05) is 23.1 Å². The Hall–Kier alpha value is -3.23. The van der Waals surface area contributed by atoms with Gasteiger partial charge in [0.2, 0.25) is 5.91 Å². The topological polar surface area (TPSA) is 84.7 Å². The number of piperazine rings is 1. The number of esters is 1. The highest BCUT2D eigenvalue weighted by molar-refractivity contribution is 6.31. The Morgan fingerprint density at radius 2 is 1.75 bits per heavy atom. The summed E-state index contributed by atoms with van der Waals surface area (Å²) in [5.41, 5.74) is 0.382. The van der Waals surface area contributed by atoms with Gasteiger partial charge in [-0.05, 0) is 17.7 Å². The molecular weight excluding hydrogens is 432 g/mol. The molecule has 1 aliphatic heterocycles. The summed E-state index contributed by atoms with van der Waals surface area (Å²) >= 11 is 6.33. The number of hydrogen-bond donors (Lipinski definition) is 0. The van der Waals surface area contributed by atoms with Crippen molar-refractivity contribution in [2.45, 2.75) is 12.6 Å². The molecule has 0 radical (unpaired) electrons. The molecular formula is C23H23ClN4O4. The molecule has 3 aromatic rings. The van der Waals surface area contributed by atoms with Crippen LogP contribution in [-0.2, 0) is 20.9 Å². The Bertz CT molecular complexity index is 1200. The first-order valence-corrected chi connectivity index (χ1v) is 10.7. The zero-order chi connectivity index (χ0) is 22.7. The SMILES string of the molecule is COC(=O)C(c1ccccc1Cl)N1CCN(C(=O)Cn2ncc3ccccc3c2=O)CC1. The number of fused-ring (bicyclic) bond motifs is 1. The van der Waals surface area contributed by atoms with Crippen LogP contribution in [0.4, 0.5) is 0 Å². The van der Waals surface area contributed by atoms with E-state index >= 15 is 0 Å². The van der Waals surface area contributed by atoms with Crippen molar-refractivity contribution in [3.05, 3.63) is 75.7 Å². The number of aromatic nitrogens is 2. The summed E-state index contributed by atoms with van der Waals surface area (Å²) in [6.45, 7) is 1.64. The molecule has 0 bridgehead atoms. The molecule has 1 atom stereocenters. The minimum absolute atomic E-state index is 0.130. The van der Waals surface area contributed by atoms with Crippen molar-refractivity contribution in [3.63, 3.8) is 0 Å². The van der Waals surface area contributed by atoms with Gasteiger partial charge in [0, 0.05) is 36.6 Å². The van der Waals surface area contributed by atoms with E-state index in [9.17, 15) is 14.4 Å². The van der Waals surface area contributed by atoms with Crippen LogP contribution >= 0.6 is 11.6 Å². The molecule has 0 N–H and O–H groups in total. The van der Waals surface area contributed by atoms with Gasteiger partial charge in [0.1, 0.15) is 12.6 Å². The Balaban J connectivity index is 1.45. The zero-order valence-corrected chi connectivity index (χ0v) is 18.4. The van der Waals surface area contributed by atoms with Crippen molar-refractivity contribution in [1.29, 1.82) is 0 Å². The highest BCUT2D eigenvalue weighted by Crippen LogP contribution is 2.29. The molecule has 0 spiro atoms. The van der Waals surface area contributed by atoms with Crippen LogP contribution < -0.4 is 5.56 Å². The van der Waals surface area contributed by atoms with Crippen molar-refractivity contribution >= 4 is 34.2 Å². The molecule has 1 aromatic heterocycles. The van der Waals surface area contributed by atoms with Gasteiger partial charge in [-0.2, -0.15) is 5.10 Å². The number of carbonyl (C=O) groups is 2. The maximum atomic E-state index is 12.8. The van der Waals surface area contributed by atoms with Crippen molar-refractivity contribution < 1.29 is 14.3 Å². The first-order valence-electron chi connectivity index (χ1n) is 10.3. The van der Waals surface area contributed by atoms with Gasteiger partial charge in [0.25, 0.3) is 5.56 Å². The Morgan fingerprint density at radius 3 is 2.47 bits per heavy atom. The second-order valence-electron chi connectivity index (χ2n) is 7.56. The Morgan fingerprint density at radius 1 is 1.06 bits per heavy atom. The molecule has 1 saturated heterocycles. The summed E-state index contributed by atoms with van der Waals surface area (Å²) in [6, 6.07) is 13.7. The number of rotatable bonds is 5. The lowest BCUT2D eigenvalue weighted by atomic mass is 10.0. The number of hydrogen-bond acceptors (Lipinski definition) is 6. The summed E-state index contributed by atoms with van der Waals surface area (Å²) in [6.07, 6.45) is 1.59. The van der Waals surface area contributed by atoms with Gasteiger partial charge in [-0.25, -0.2) is 9.48 Å². The lowest BCUT2D eigenvalue weighted by molar-refractivity contribution is -0.148. The number of carbonyl (C=O) groups excluding carboxylic acids is 2. The van der Waals surface area contributed by atoms with E-state index in [1.54, 1.807) is 41.4 Å². The molecule has 2 heterocycles. The first-order chi connectivity index (χ1) is 15.5. The molecule has 2 aromatic carbocycles.